The summed E-state index contributed by atoms with van der Waals surface area (Å²) < 4.78 is 0. The molecule has 1 aliphatic rings. The van der Waals surface area contributed by atoms with Gasteiger partial charge in [0.05, 0.1) is 12.6 Å². The molecule has 70 valence electrons. The van der Waals surface area contributed by atoms with E-state index in [1.807, 2.05) is 4.90 Å². The number of likely N-dealkylation sites (tertiary alicyclic amines) is 1. The van der Waals surface area contributed by atoms with Crippen molar-refractivity contribution < 1.29 is 15.0 Å². The third kappa shape index (κ3) is 2.46. The van der Waals surface area contributed by atoms with Crippen LogP contribution in [0.25, 0.3) is 0 Å². The number of rotatable bonds is 3. The second-order valence-electron chi connectivity index (χ2n) is 3.42. The SMILES string of the molecule is CC(O)C1CCN(CC(=O)O)C1. The van der Waals surface area contributed by atoms with Crippen LogP contribution in [0, 0.1) is 5.92 Å². The van der Waals surface area contributed by atoms with Gasteiger partial charge in [-0.2, -0.15) is 0 Å². The van der Waals surface area contributed by atoms with Crippen LogP contribution in [-0.2, 0) is 4.79 Å². The maximum absolute atomic E-state index is 10.3. The first-order chi connectivity index (χ1) is 5.59. The lowest BCUT2D eigenvalue weighted by molar-refractivity contribution is -0.138. The Hall–Kier alpha value is -0.610. The number of hydrogen-bond donors (Lipinski definition) is 2. The molecule has 0 aliphatic carbocycles. The van der Waals surface area contributed by atoms with Crippen LogP contribution < -0.4 is 0 Å². The molecule has 0 aromatic rings. The zero-order valence-electron chi connectivity index (χ0n) is 7.23. The monoisotopic (exact) mass is 173 g/mol. The number of carboxylic acids is 1. The van der Waals surface area contributed by atoms with Crippen LogP contribution in [0.1, 0.15) is 13.3 Å². The van der Waals surface area contributed by atoms with Crippen LogP contribution in [0.5, 0.6) is 0 Å². The Morgan fingerprint density at radius 3 is 2.83 bits per heavy atom. The predicted molar refractivity (Wildman–Crippen MR) is 43.9 cm³/mol. The summed E-state index contributed by atoms with van der Waals surface area (Å²) in [6.45, 7) is 3.37. The van der Waals surface area contributed by atoms with Gasteiger partial charge >= 0.3 is 5.97 Å². The lowest BCUT2D eigenvalue weighted by Crippen LogP contribution is -2.29. The van der Waals surface area contributed by atoms with E-state index in [2.05, 4.69) is 0 Å². The average Bonchev–Trinajstić information content (AvgIpc) is 2.34. The molecule has 0 saturated carbocycles. The normalized spacial score (nSPS) is 27.3. The highest BCUT2D eigenvalue weighted by atomic mass is 16.4. The van der Waals surface area contributed by atoms with Crippen molar-refractivity contribution in [2.24, 2.45) is 5.92 Å². The maximum atomic E-state index is 10.3. The van der Waals surface area contributed by atoms with Gasteiger partial charge in [-0.1, -0.05) is 0 Å². The Kier molecular flexibility index (Phi) is 3.05. The third-order valence-corrected chi connectivity index (χ3v) is 2.35. The summed E-state index contributed by atoms with van der Waals surface area (Å²) >= 11 is 0. The van der Waals surface area contributed by atoms with Crippen LogP contribution in [-0.4, -0.2) is 46.8 Å². The third-order valence-electron chi connectivity index (χ3n) is 2.35. The molecule has 1 saturated heterocycles. The summed E-state index contributed by atoms with van der Waals surface area (Å²) in [5, 5.41) is 17.7. The second kappa shape index (κ2) is 3.87. The maximum Gasteiger partial charge on any atom is 0.317 e. The molecule has 1 fully saturated rings. The summed E-state index contributed by atoms with van der Waals surface area (Å²) in [5.41, 5.74) is 0. The molecule has 0 bridgehead atoms. The van der Waals surface area contributed by atoms with Gasteiger partial charge in [0, 0.05) is 6.54 Å². The summed E-state index contributed by atoms with van der Waals surface area (Å²) in [6, 6.07) is 0. The lowest BCUT2D eigenvalue weighted by atomic mass is 10.0. The van der Waals surface area contributed by atoms with E-state index in [-0.39, 0.29) is 18.6 Å². The quantitative estimate of drug-likeness (QED) is 0.619. The molecule has 4 nitrogen and oxygen atoms in total. The van der Waals surface area contributed by atoms with Crippen molar-refractivity contribution in [3.63, 3.8) is 0 Å². The first kappa shape index (κ1) is 9.48. The molecule has 1 aliphatic heterocycles. The predicted octanol–water partition coefficient (Wildman–Crippen LogP) is -0.226. The molecule has 2 atom stereocenters. The summed E-state index contributed by atoms with van der Waals surface area (Å²) in [5.74, 6) is -0.536. The van der Waals surface area contributed by atoms with Crippen LogP contribution in [0.4, 0.5) is 0 Å². The van der Waals surface area contributed by atoms with Crippen LogP contribution >= 0.6 is 0 Å². The molecule has 0 radical (unpaired) electrons. The highest BCUT2D eigenvalue weighted by Crippen LogP contribution is 2.18. The van der Waals surface area contributed by atoms with Gasteiger partial charge in [-0.25, -0.2) is 0 Å². The van der Waals surface area contributed by atoms with Gasteiger partial charge in [-0.15, -0.1) is 0 Å². The fraction of sp³-hybridized carbons (Fsp3) is 0.875. The lowest BCUT2D eigenvalue weighted by Gasteiger charge is -2.14. The van der Waals surface area contributed by atoms with Crippen LogP contribution in [0.3, 0.4) is 0 Å². The minimum atomic E-state index is -0.791. The Morgan fingerprint density at radius 2 is 2.42 bits per heavy atom. The van der Waals surface area contributed by atoms with Crippen molar-refractivity contribution >= 4 is 5.97 Å². The van der Waals surface area contributed by atoms with Gasteiger partial charge in [0.1, 0.15) is 0 Å². The number of hydrogen-bond acceptors (Lipinski definition) is 3. The molecule has 0 spiro atoms. The molecule has 1 rings (SSSR count). The Balaban J connectivity index is 2.30. The molecule has 2 unspecified atom stereocenters. The van der Waals surface area contributed by atoms with Crippen LogP contribution in [0.15, 0.2) is 0 Å². The van der Waals surface area contributed by atoms with E-state index in [0.717, 1.165) is 13.0 Å². The minimum absolute atomic E-state index is 0.100. The molecule has 0 amide bonds. The molecule has 4 heteroatoms. The number of carbonyl (C=O) groups is 1. The van der Waals surface area contributed by atoms with Gasteiger partial charge in [0.15, 0.2) is 0 Å². The van der Waals surface area contributed by atoms with Crippen molar-refractivity contribution in [2.75, 3.05) is 19.6 Å². The average molecular weight is 173 g/mol. The largest absolute Gasteiger partial charge is 0.480 e. The molecular weight excluding hydrogens is 158 g/mol. The number of aliphatic carboxylic acids is 1. The van der Waals surface area contributed by atoms with E-state index in [1.54, 1.807) is 6.92 Å². The molecule has 0 aromatic carbocycles. The molecule has 2 N–H and O–H groups in total. The van der Waals surface area contributed by atoms with Gasteiger partial charge < -0.3 is 10.2 Å². The van der Waals surface area contributed by atoms with Crippen molar-refractivity contribution in [2.45, 2.75) is 19.4 Å². The standard InChI is InChI=1S/C8H15NO3/c1-6(10)7-2-3-9(4-7)5-8(11)12/h6-7,10H,2-5H2,1H3,(H,11,12). The first-order valence-corrected chi connectivity index (χ1v) is 4.22. The Morgan fingerprint density at radius 1 is 1.75 bits per heavy atom. The first-order valence-electron chi connectivity index (χ1n) is 4.22. The van der Waals surface area contributed by atoms with Gasteiger partial charge in [-0.05, 0) is 25.8 Å². The van der Waals surface area contributed by atoms with Crippen molar-refractivity contribution in [1.29, 1.82) is 0 Å². The number of carboxylic acid groups (broad SMARTS) is 1. The van der Waals surface area contributed by atoms with Gasteiger partial charge in [0.2, 0.25) is 0 Å². The molecular formula is C8H15NO3. The molecule has 1 heterocycles. The summed E-state index contributed by atoms with van der Waals surface area (Å²) in [7, 11) is 0. The van der Waals surface area contributed by atoms with Crippen molar-refractivity contribution in [1.82, 2.24) is 4.90 Å². The summed E-state index contributed by atoms with van der Waals surface area (Å²) in [6.07, 6.45) is 0.592. The smallest absolute Gasteiger partial charge is 0.317 e. The van der Waals surface area contributed by atoms with E-state index < -0.39 is 5.97 Å². The zero-order chi connectivity index (χ0) is 9.14. The van der Waals surface area contributed by atoms with E-state index in [9.17, 15) is 9.90 Å². The fourth-order valence-electron chi connectivity index (χ4n) is 1.59. The van der Waals surface area contributed by atoms with Crippen molar-refractivity contribution in [3.8, 4) is 0 Å². The highest BCUT2D eigenvalue weighted by molar-refractivity contribution is 5.69. The van der Waals surface area contributed by atoms with E-state index in [1.165, 1.54) is 0 Å². The second-order valence-corrected chi connectivity index (χ2v) is 3.42. The minimum Gasteiger partial charge on any atom is -0.480 e. The molecule has 12 heavy (non-hydrogen) atoms. The van der Waals surface area contributed by atoms with E-state index >= 15 is 0 Å². The summed E-state index contributed by atoms with van der Waals surface area (Å²) in [4.78, 5) is 12.2. The van der Waals surface area contributed by atoms with Crippen molar-refractivity contribution in [3.05, 3.63) is 0 Å². The number of aliphatic hydroxyl groups is 1. The van der Waals surface area contributed by atoms with E-state index in [0.29, 0.717) is 6.54 Å². The number of nitrogens with zero attached hydrogens (tertiary/aromatic N) is 1. The van der Waals surface area contributed by atoms with Gasteiger partial charge in [-0.3, -0.25) is 9.69 Å². The Bertz CT molecular complexity index is 170. The highest BCUT2D eigenvalue weighted by Gasteiger charge is 2.26. The number of aliphatic hydroxyl groups excluding tert-OH is 1. The van der Waals surface area contributed by atoms with E-state index in [4.69, 9.17) is 5.11 Å². The zero-order valence-corrected chi connectivity index (χ0v) is 7.23. The van der Waals surface area contributed by atoms with Gasteiger partial charge in [0.25, 0.3) is 0 Å². The van der Waals surface area contributed by atoms with Crippen LogP contribution in [0.2, 0.25) is 0 Å². The molecule has 0 aromatic heterocycles. The Labute approximate surface area is 71.8 Å². The topological polar surface area (TPSA) is 60.8 Å². The fourth-order valence-corrected chi connectivity index (χ4v) is 1.59.